The van der Waals surface area contributed by atoms with Crippen LogP contribution in [0.15, 0.2) is 0 Å². The maximum absolute atomic E-state index is 6.10. The van der Waals surface area contributed by atoms with Gasteiger partial charge >= 0.3 is 0 Å². The largest absolute Gasteiger partial charge is 0.321 e. The molecular weight excluding hydrogens is 186 g/mol. The summed E-state index contributed by atoms with van der Waals surface area (Å²) in [5, 5.41) is 0. The Morgan fingerprint density at radius 1 is 1.27 bits per heavy atom. The molecule has 1 aromatic rings. The second-order valence-electron chi connectivity index (χ2n) is 4.45. The Morgan fingerprint density at radius 3 is 2.20 bits per heavy atom. The van der Waals surface area contributed by atoms with Gasteiger partial charge in [-0.05, 0) is 44.6 Å². The minimum atomic E-state index is 0.0494. The Kier molecular flexibility index (Phi) is 2.74. The van der Waals surface area contributed by atoms with Crippen molar-refractivity contribution in [3.05, 3.63) is 22.8 Å². The second kappa shape index (κ2) is 3.89. The number of nitrogens with two attached hydrogens (primary N) is 1. The third kappa shape index (κ3) is 2.02. The predicted molar refractivity (Wildman–Crippen MR) is 60.5 cm³/mol. The van der Waals surface area contributed by atoms with Gasteiger partial charge in [-0.3, -0.25) is 0 Å². The van der Waals surface area contributed by atoms with Crippen LogP contribution in [0.25, 0.3) is 0 Å². The van der Waals surface area contributed by atoms with Crippen LogP contribution in [-0.2, 0) is 6.42 Å². The van der Waals surface area contributed by atoms with Gasteiger partial charge in [0.15, 0.2) is 0 Å². The van der Waals surface area contributed by atoms with Crippen LogP contribution >= 0.6 is 0 Å². The van der Waals surface area contributed by atoms with Crippen LogP contribution in [0.2, 0.25) is 0 Å². The van der Waals surface area contributed by atoms with Crippen molar-refractivity contribution >= 4 is 0 Å². The van der Waals surface area contributed by atoms with Gasteiger partial charge in [-0.1, -0.05) is 6.92 Å². The first-order valence-electron chi connectivity index (χ1n) is 5.73. The van der Waals surface area contributed by atoms with Crippen LogP contribution in [0.4, 0.5) is 0 Å². The van der Waals surface area contributed by atoms with Gasteiger partial charge in [-0.2, -0.15) is 0 Å². The Labute approximate surface area is 91.1 Å². The number of aryl methyl sites for hydroxylation is 2. The van der Waals surface area contributed by atoms with Gasteiger partial charge in [0.05, 0.1) is 6.04 Å². The Bertz CT molecular complexity index is 346. The van der Waals surface area contributed by atoms with Gasteiger partial charge in [-0.15, -0.1) is 0 Å². The van der Waals surface area contributed by atoms with Gasteiger partial charge < -0.3 is 5.73 Å². The van der Waals surface area contributed by atoms with E-state index < -0.39 is 0 Å². The van der Waals surface area contributed by atoms with E-state index in [0.29, 0.717) is 5.92 Å². The summed E-state index contributed by atoms with van der Waals surface area (Å²) in [6.07, 6.45) is 3.47. The van der Waals surface area contributed by atoms with Crippen molar-refractivity contribution in [2.45, 2.75) is 46.1 Å². The van der Waals surface area contributed by atoms with Crippen LogP contribution in [0.3, 0.4) is 0 Å². The summed E-state index contributed by atoms with van der Waals surface area (Å²) < 4.78 is 0. The molecule has 1 unspecified atom stereocenters. The highest BCUT2D eigenvalue weighted by Crippen LogP contribution is 2.38. The maximum atomic E-state index is 6.10. The second-order valence-corrected chi connectivity index (χ2v) is 4.45. The third-order valence-electron chi connectivity index (χ3n) is 3.22. The van der Waals surface area contributed by atoms with E-state index >= 15 is 0 Å². The molecule has 0 amide bonds. The van der Waals surface area contributed by atoms with E-state index in [2.05, 4.69) is 30.7 Å². The highest BCUT2D eigenvalue weighted by molar-refractivity contribution is 5.25. The molecule has 0 radical (unpaired) electrons. The molecule has 3 heteroatoms. The van der Waals surface area contributed by atoms with E-state index in [9.17, 15) is 0 Å². The van der Waals surface area contributed by atoms with Crippen molar-refractivity contribution < 1.29 is 0 Å². The molecule has 0 aliphatic heterocycles. The molecular formula is C12H19N3. The zero-order valence-corrected chi connectivity index (χ0v) is 9.75. The number of hydrogen-bond acceptors (Lipinski definition) is 3. The SMILES string of the molecule is CCc1c(C)nc(C(N)C2CC2)nc1C. The number of hydrogen-bond donors (Lipinski definition) is 1. The predicted octanol–water partition coefficient (Wildman–Crippen LogP) is 2.07. The Balaban J connectivity index is 2.33. The zero-order valence-electron chi connectivity index (χ0n) is 9.75. The summed E-state index contributed by atoms with van der Waals surface area (Å²) in [5.41, 5.74) is 9.56. The van der Waals surface area contributed by atoms with Crippen molar-refractivity contribution in [3.63, 3.8) is 0 Å². The average molecular weight is 205 g/mol. The lowest BCUT2D eigenvalue weighted by molar-refractivity contribution is 0.586. The summed E-state index contributed by atoms with van der Waals surface area (Å²) in [7, 11) is 0. The topological polar surface area (TPSA) is 51.8 Å². The summed E-state index contributed by atoms with van der Waals surface area (Å²) >= 11 is 0. The van der Waals surface area contributed by atoms with E-state index in [4.69, 9.17) is 5.73 Å². The maximum Gasteiger partial charge on any atom is 0.145 e. The van der Waals surface area contributed by atoms with Crippen LogP contribution in [-0.4, -0.2) is 9.97 Å². The molecule has 1 aromatic heterocycles. The van der Waals surface area contributed by atoms with E-state index in [0.717, 1.165) is 23.6 Å². The summed E-state index contributed by atoms with van der Waals surface area (Å²) in [6.45, 7) is 6.24. The smallest absolute Gasteiger partial charge is 0.145 e. The molecule has 1 saturated carbocycles. The summed E-state index contributed by atoms with van der Waals surface area (Å²) in [5.74, 6) is 1.46. The van der Waals surface area contributed by atoms with Gasteiger partial charge in [0.2, 0.25) is 0 Å². The zero-order chi connectivity index (χ0) is 11.0. The first-order valence-corrected chi connectivity index (χ1v) is 5.73. The molecule has 1 aliphatic rings. The van der Waals surface area contributed by atoms with Gasteiger partial charge in [0, 0.05) is 11.4 Å². The normalized spacial score (nSPS) is 17.9. The molecule has 0 aromatic carbocycles. The molecule has 0 bridgehead atoms. The van der Waals surface area contributed by atoms with Crippen LogP contribution in [0.1, 0.15) is 48.6 Å². The van der Waals surface area contributed by atoms with Crippen LogP contribution in [0, 0.1) is 19.8 Å². The Morgan fingerprint density at radius 2 is 1.80 bits per heavy atom. The highest BCUT2D eigenvalue weighted by atomic mass is 14.9. The molecule has 3 nitrogen and oxygen atoms in total. The first kappa shape index (κ1) is 10.6. The van der Waals surface area contributed by atoms with E-state index in [-0.39, 0.29) is 6.04 Å². The lowest BCUT2D eigenvalue weighted by atomic mass is 10.1. The van der Waals surface area contributed by atoms with E-state index in [1.165, 1.54) is 18.4 Å². The minimum Gasteiger partial charge on any atom is -0.321 e. The molecule has 2 rings (SSSR count). The molecule has 1 aliphatic carbocycles. The molecule has 0 spiro atoms. The quantitative estimate of drug-likeness (QED) is 0.821. The van der Waals surface area contributed by atoms with E-state index in [1.54, 1.807) is 0 Å². The van der Waals surface area contributed by atoms with Gasteiger partial charge in [-0.25, -0.2) is 9.97 Å². The molecule has 1 atom stereocenters. The Hall–Kier alpha value is -0.960. The van der Waals surface area contributed by atoms with Crippen LogP contribution in [0.5, 0.6) is 0 Å². The standard InChI is InChI=1S/C12H19N3/c1-4-10-7(2)14-12(15-8(10)3)11(13)9-5-6-9/h9,11H,4-6,13H2,1-3H3. The van der Waals surface area contributed by atoms with Crippen molar-refractivity contribution in [3.8, 4) is 0 Å². The summed E-state index contributed by atoms with van der Waals surface area (Å²) in [4.78, 5) is 9.06. The van der Waals surface area contributed by atoms with Crippen LogP contribution < -0.4 is 5.73 Å². The fraction of sp³-hybridized carbons (Fsp3) is 0.667. The number of rotatable bonds is 3. The molecule has 1 fully saturated rings. The molecule has 15 heavy (non-hydrogen) atoms. The molecule has 82 valence electrons. The van der Waals surface area contributed by atoms with Gasteiger partial charge in [0.1, 0.15) is 5.82 Å². The van der Waals surface area contributed by atoms with E-state index in [1.807, 2.05) is 0 Å². The fourth-order valence-electron chi connectivity index (χ4n) is 2.09. The molecule has 1 heterocycles. The summed E-state index contributed by atoms with van der Waals surface area (Å²) in [6, 6.07) is 0.0494. The highest BCUT2D eigenvalue weighted by Gasteiger charge is 2.31. The lowest BCUT2D eigenvalue weighted by Crippen LogP contribution is -2.18. The minimum absolute atomic E-state index is 0.0494. The first-order chi connectivity index (χ1) is 7.13. The lowest BCUT2D eigenvalue weighted by Gasteiger charge is -2.13. The van der Waals surface area contributed by atoms with Crippen molar-refractivity contribution in [1.82, 2.24) is 9.97 Å². The molecule has 0 saturated heterocycles. The fourth-order valence-corrected chi connectivity index (χ4v) is 2.09. The number of aromatic nitrogens is 2. The number of nitrogens with zero attached hydrogens (tertiary/aromatic N) is 2. The third-order valence-corrected chi connectivity index (χ3v) is 3.22. The van der Waals surface area contributed by atoms with Crippen molar-refractivity contribution in [2.75, 3.05) is 0 Å². The van der Waals surface area contributed by atoms with Crippen molar-refractivity contribution in [1.29, 1.82) is 0 Å². The average Bonchev–Trinajstić information content (AvgIpc) is 2.99. The van der Waals surface area contributed by atoms with Gasteiger partial charge in [0.25, 0.3) is 0 Å². The van der Waals surface area contributed by atoms with Crippen molar-refractivity contribution in [2.24, 2.45) is 11.7 Å². The molecule has 2 N–H and O–H groups in total. The monoisotopic (exact) mass is 205 g/mol.